The van der Waals surface area contributed by atoms with Gasteiger partial charge in [-0.05, 0) is 67.4 Å². The Morgan fingerprint density at radius 3 is 2.98 bits per heavy atom. The van der Waals surface area contributed by atoms with Gasteiger partial charge in [-0.3, -0.25) is 4.90 Å². The molecule has 4 aromatic rings. The van der Waals surface area contributed by atoms with Crippen LogP contribution < -0.4 is 19.7 Å². The quantitative estimate of drug-likeness (QED) is 0.290. The van der Waals surface area contributed by atoms with Crippen molar-refractivity contribution in [2.24, 2.45) is 0 Å². The summed E-state index contributed by atoms with van der Waals surface area (Å²) in [5, 5.41) is 17.3. The lowest BCUT2D eigenvalue weighted by atomic mass is 9.93. The number of hydrogen-bond acceptors (Lipinski definition) is 8. The smallest absolute Gasteiger partial charge is 0.319 e. The Morgan fingerprint density at radius 1 is 1.18 bits per heavy atom. The summed E-state index contributed by atoms with van der Waals surface area (Å²) in [6.07, 6.45) is 9.66. The second-order valence-electron chi connectivity index (χ2n) is 13.3. The highest BCUT2D eigenvalue weighted by atomic mass is 35.5. The molecule has 0 radical (unpaired) electrons. The van der Waals surface area contributed by atoms with E-state index in [9.17, 15) is 9.50 Å². The lowest BCUT2D eigenvalue weighted by Gasteiger charge is -2.40. The Kier molecular flexibility index (Phi) is 6.15. The van der Waals surface area contributed by atoms with Crippen LogP contribution in [-0.4, -0.2) is 82.7 Å². The number of anilines is 1. The lowest BCUT2D eigenvalue weighted by Crippen LogP contribution is -2.60. The number of rotatable bonds is 4. The number of terminal acetylenes is 1. The van der Waals surface area contributed by atoms with E-state index in [1.165, 1.54) is 0 Å². The molecule has 0 aliphatic carbocycles. The fraction of sp³-hybridized carbons (Fsp3) is 0.429. The second kappa shape index (κ2) is 10.1. The molecule has 2 bridgehead atoms. The molecule has 2 N–H and O–H groups in total. The highest BCUT2D eigenvalue weighted by molar-refractivity contribution is 6.37. The van der Waals surface area contributed by atoms with Gasteiger partial charge in [0.15, 0.2) is 5.75 Å². The number of nitrogens with zero attached hydrogens (tertiary/aromatic N) is 4. The number of benzene rings is 3. The third kappa shape index (κ3) is 4.19. The molecular formula is C35H33ClFN5O3. The van der Waals surface area contributed by atoms with Crippen molar-refractivity contribution in [3.05, 3.63) is 47.0 Å². The van der Waals surface area contributed by atoms with Crippen LogP contribution in [0.15, 0.2) is 36.4 Å². The van der Waals surface area contributed by atoms with E-state index in [0.717, 1.165) is 60.7 Å². The van der Waals surface area contributed by atoms with Crippen LogP contribution in [0, 0.1) is 12.3 Å². The normalized spacial score (nSPS) is 28.5. The lowest BCUT2D eigenvalue weighted by molar-refractivity contribution is 0.107. The van der Waals surface area contributed by atoms with Gasteiger partial charge in [0.1, 0.15) is 31.0 Å². The van der Waals surface area contributed by atoms with Gasteiger partial charge >= 0.3 is 6.01 Å². The number of piperazine rings is 1. The fourth-order valence-electron chi connectivity index (χ4n) is 8.70. The number of ether oxygens (including phenoxy) is 2. The molecule has 5 aliphatic heterocycles. The van der Waals surface area contributed by atoms with Gasteiger partial charge in [-0.1, -0.05) is 29.7 Å². The van der Waals surface area contributed by atoms with Crippen molar-refractivity contribution in [1.82, 2.24) is 20.2 Å². The first-order chi connectivity index (χ1) is 21.9. The summed E-state index contributed by atoms with van der Waals surface area (Å²) in [5.74, 6) is 4.16. The second-order valence-corrected chi connectivity index (χ2v) is 13.7. The average molecular weight is 626 g/mol. The molecule has 5 atom stereocenters. The average Bonchev–Trinajstić information content (AvgIpc) is 3.66. The summed E-state index contributed by atoms with van der Waals surface area (Å²) >= 11 is 7.27. The number of aromatic hydroxyl groups is 1. The van der Waals surface area contributed by atoms with Crippen molar-refractivity contribution in [2.45, 2.75) is 61.9 Å². The van der Waals surface area contributed by atoms with E-state index in [1.807, 2.05) is 24.3 Å². The zero-order chi connectivity index (χ0) is 30.4. The van der Waals surface area contributed by atoms with Gasteiger partial charge in [0.05, 0.1) is 27.5 Å². The molecule has 0 spiro atoms. The fourth-order valence-corrected chi connectivity index (χ4v) is 9.01. The Bertz CT molecular complexity index is 1930. The van der Waals surface area contributed by atoms with Crippen LogP contribution in [0.1, 0.15) is 37.7 Å². The van der Waals surface area contributed by atoms with Crippen molar-refractivity contribution < 1.29 is 19.0 Å². The van der Waals surface area contributed by atoms with Crippen LogP contribution in [0.5, 0.6) is 17.5 Å². The first-order valence-corrected chi connectivity index (χ1v) is 16.2. The summed E-state index contributed by atoms with van der Waals surface area (Å²) in [5.41, 5.74) is 2.33. The van der Waals surface area contributed by atoms with Crippen LogP contribution in [-0.2, 0) is 0 Å². The van der Waals surface area contributed by atoms with E-state index in [4.69, 9.17) is 37.5 Å². The van der Waals surface area contributed by atoms with E-state index in [0.29, 0.717) is 65.2 Å². The molecule has 6 heterocycles. The third-order valence-electron chi connectivity index (χ3n) is 10.7. The number of nitrogens with one attached hydrogen (secondary N) is 1. The third-order valence-corrected chi connectivity index (χ3v) is 11.1. The van der Waals surface area contributed by atoms with Gasteiger partial charge in [-0.25, -0.2) is 4.39 Å². The van der Waals surface area contributed by atoms with Gasteiger partial charge in [-0.15, -0.1) is 6.42 Å². The molecule has 4 fully saturated rings. The minimum atomic E-state index is -0.845. The number of phenolic OH excluding ortho intramolecular Hbond substituents is 1. The number of aromatic nitrogens is 2. The molecule has 3 unspecified atom stereocenters. The zero-order valence-electron chi connectivity index (χ0n) is 24.7. The summed E-state index contributed by atoms with van der Waals surface area (Å²) in [6, 6.07) is 11.9. The number of phenols is 1. The van der Waals surface area contributed by atoms with Gasteiger partial charge < -0.3 is 24.8 Å². The highest BCUT2D eigenvalue weighted by Crippen LogP contribution is 2.49. The first-order valence-electron chi connectivity index (χ1n) is 15.9. The van der Waals surface area contributed by atoms with E-state index in [1.54, 1.807) is 12.1 Å². The zero-order valence-corrected chi connectivity index (χ0v) is 25.5. The van der Waals surface area contributed by atoms with Crippen molar-refractivity contribution in [2.75, 3.05) is 37.7 Å². The first kappa shape index (κ1) is 27.5. The standard InChI is InChI=1S/C35H33ClFN5O3/c1-2-19-5-3-6-20-11-23(43)12-24(29(19)20)25-13-27-30-32(31(25)36)44-17-28-26-8-7-22(38-26)16-42(28)33(30)40-34(39-27)45-18-35-9-4-10-41(35)15-21(37)14-35/h1,3,5-6,11-13,21-22,26,28,38,43H,4,7-10,14-18H2/t21-,22?,26?,28?,35+/m1/s1. The Morgan fingerprint density at radius 2 is 2.09 bits per heavy atom. The predicted octanol–water partition coefficient (Wildman–Crippen LogP) is 5.45. The largest absolute Gasteiger partial charge is 0.508 e. The maximum Gasteiger partial charge on any atom is 0.319 e. The van der Waals surface area contributed by atoms with E-state index >= 15 is 0 Å². The molecule has 3 aromatic carbocycles. The Balaban J connectivity index is 1.24. The summed E-state index contributed by atoms with van der Waals surface area (Å²) < 4.78 is 27.6. The van der Waals surface area contributed by atoms with Crippen LogP contribution in [0.4, 0.5) is 10.2 Å². The number of halogens is 2. The van der Waals surface area contributed by atoms with Crippen LogP contribution in [0.2, 0.25) is 5.02 Å². The monoisotopic (exact) mass is 625 g/mol. The minimum Gasteiger partial charge on any atom is -0.508 e. The Hall–Kier alpha value is -3.84. The van der Waals surface area contributed by atoms with E-state index in [-0.39, 0.29) is 29.4 Å². The van der Waals surface area contributed by atoms with Crippen LogP contribution in [0.3, 0.4) is 0 Å². The van der Waals surface area contributed by atoms with Gasteiger partial charge in [0, 0.05) is 48.1 Å². The van der Waals surface area contributed by atoms with Gasteiger partial charge in [0.2, 0.25) is 0 Å². The van der Waals surface area contributed by atoms with E-state index in [2.05, 4.69) is 21.0 Å². The van der Waals surface area contributed by atoms with Crippen LogP contribution in [0.25, 0.3) is 32.8 Å². The molecule has 45 heavy (non-hydrogen) atoms. The molecule has 10 heteroatoms. The molecule has 9 rings (SSSR count). The van der Waals surface area contributed by atoms with Gasteiger partial charge in [-0.2, -0.15) is 9.97 Å². The van der Waals surface area contributed by atoms with Crippen molar-refractivity contribution in [3.63, 3.8) is 0 Å². The summed E-state index contributed by atoms with van der Waals surface area (Å²) in [7, 11) is 0. The Labute approximate surface area is 265 Å². The molecular weight excluding hydrogens is 593 g/mol. The molecule has 0 amide bonds. The molecule has 4 saturated heterocycles. The number of fused-ring (bicyclic) bond motifs is 7. The maximum absolute atomic E-state index is 14.5. The molecule has 230 valence electrons. The summed E-state index contributed by atoms with van der Waals surface area (Å²) in [4.78, 5) is 14.6. The number of hydrogen-bond donors (Lipinski definition) is 2. The topological polar surface area (TPSA) is 83.0 Å². The SMILES string of the molecule is C#Cc1cccc2cc(O)cc(-c3cc4nc(OC[C@@]56CCCN5C[C@H](F)C6)nc5c4c(c3Cl)OCC3C4CCC(CN53)N4)c12. The van der Waals surface area contributed by atoms with Crippen molar-refractivity contribution in [3.8, 4) is 41.0 Å². The molecule has 8 nitrogen and oxygen atoms in total. The maximum atomic E-state index is 14.5. The van der Waals surface area contributed by atoms with E-state index < -0.39 is 6.17 Å². The van der Waals surface area contributed by atoms with Crippen molar-refractivity contribution >= 4 is 39.1 Å². The van der Waals surface area contributed by atoms with Crippen molar-refractivity contribution in [1.29, 1.82) is 0 Å². The van der Waals surface area contributed by atoms with Gasteiger partial charge in [0.25, 0.3) is 0 Å². The summed E-state index contributed by atoms with van der Waals surface area (Å²) in [6.45, 7) is 2.90. The van der Waals surface area contributed by atoms with Crippen LogP contribution >= 0.6 is 11.6 Å². The molecule has 5 aliphatic rings. The highest BCUT2D eigenvalue weighted by Gasteiger charge is 2.50. The number of alkyl halides is 1. The predicted molar refractivity (Wildman–Crippen MR) is 172 cm³/mol. The minimum absolute atomic E-state index is 0.0577. The molecule has 0 saturated carbocycles. The molecule has 1 aromatic heterocycles.